The number of nitrogen functional groups attached to an aromatic ring is 1. The van der Waals surface area contributed by atoms with E-state index in [0.29, 0.717) is 17.1 Å². The van der Waals surface area contributed by atoms with Crippen LogP contribution in [0, 0.1) is 0 Å². The molecule has 0 amide bonds. The van der Waals surface area contributed by atoms with E-state index in [9.17, 15) is 4.79 Å². The zero-order chi connectivity index (χ0) is 16.1. The Labute approximate surface area is 128 Å². The standard InChI is InChI=1S/C16H18N2O4/c1-4-22-16(19)15-14(17)11(7-8-18-15)10-5-6-12(20-2)13(9-10)21-3/h5-9H,4,17H2,1-3H3. The topological polar surface area (TPSA) is 83.7 Å². The molecule has 0 fully saturated rings. The molecular formula is C16H18N2O4. The largest absolute Gasteiger partial charge is 0.493 e. The Morgan fingerprint density at radius 3 is 2.55 bits per heavy atom. The second-order valence-corrected chi connectivity index (χ2v) is 4.41. The van der Waals surface area contributed by atoms with E-state index < -0.39 is 5.97 Å². The van der Waals surface area contributed by atoms with Crippen molar-refractivity contribution in [1.29, 1.82) is 0 Å². The number of benzene rings is 1. The van der Waals surface area contributed by atoms with E-state index >= 15 is 0 Å². The predicted octanol–water partition coefficient (Wildman–Crippen LogP) is 2.52. The number of hydrogen-bond acceptors (Lipinski definition) is 6. The van der Waals surface area contributed by atoms with E-state index in [2.05, 4.69) is 4.98 Å². The first kappa shape index (κ1) is 15.6. The number of nitrogens with zero attached hydrogens (tertiary/aromatic N) is 1. The zero-order valence-corrected chi connectivity index (χ0v) is 12.8. The second-order valence-electron chi connectivity index (χ2n) is 4.41. The van der Waals surface area contributed by atoms with Crippen LogP contribution in [0.15, 0.2) is 30.5 Å². The fraction of sp³-hybridized carbons (Fsp3) is 0.250. The van der Waals surface area contributed by atoms with Crippen molar-refractivity contribution in [3.8, 4) is 22.6 Å². The van der Waals surface area contributed by atoms with Gasteiger partial charge in [-0.1, -0.05) is 6.07 Å². The lowest BCUT2D eigenvalue weighted by atomic mass is 10.0. The van der Waals surface area contributed by atoms with Crippen molar-refractivity contribution >= 4 is 11.7 Å². The van der Waals surface area contributed by atoms with Gasteiger partial charge in [0.2, 0.25) is 0 Å². The summed E-state index contributed by atoms with van der Waals surface area (Å²) in [5.41, 5.74) is 7.92. The molecule has 1 aromatic heterocycles. The van der Waals surface area contributed by atoms with Crippen LogP contribution in [0.5, 0.6) is 11.5 Å². The van der Waals surface area contributed by atoms with E-state index in [1.807, 2.05) is 6.07 Å². The quantitative estimate of drug-likeness (QED) is 0.854. The molecule has 0 spiro atoms. The van der Waals surface area contributed by atoms with Gasteiger partial charge in [-0.25, -0.2) is 9.78 Å². The van der Waals surface area contributed by atoms with Gasteiger partial charge < -0.3 is 19.9 Å². The molecule has 2 N–H and O–H groups in total. The zero-order valence-electron chi connectivity index (χ0n) is 12.8. The summed E-state index contributed by atoms with van der Waals surface area (Å²) in [5, 5.41) is 0. The first-order chi connectivity index (χ1) is 10.6. The van der Waals surface area contributed by atoms with Gasteiger partial charge >= 0.3 is 5.97 Å². The van der Waals surface area contributed by atoms with Crippen LogP contribution < -0.4 is 15.2 Å². The monoisotopic (exact) mass is 302 g/mol. The third-order valence-electron chi connectivity index (χ3n) is 3.15. The molecule has 0 radical (unpaired) electrons. The molecule has 0 atom stereocenters. The highest BCUT2D eigenvalue weighted by molar-refractivity contribution is 5.97. The van der Waals surface area contributed by atoms with Crippen molar-refractivity contribution in [2.45, 2.75) is 6.92 Å². The van der Waals surface area contributed by atoms with E-state index in [1.165, 1.54) is 6.20 Å². The molecule has 0 aliphatic carbocycles. The number of aromatic nitrogens is 1. The van der Waals surface area contributed by atoms with E-state index in [0.717, 1.165) is 5.56 Å². The molecule has 1 heterocycles. The van der Waals surface area contributed by atoms with Crippen LogP contribution in [-0.4, -0.2) is 31.8 Å². The number of rotatable bonds is 5. The van der Waals surface area contributed by atoms with Crippen LogP contribution in [0.25, 0.3) is 11.1 Å². The van der Waals surface area contributed by atoms with E-state index in [-0.39, 0.29) is 18.0 Å². The summed E-state index contributed by atoms with van der Waals surface area (Å²) in [5.74, 6) is 0.653. The van der Waals surface area contributed by atoms with Crippen molar-refractivity contribution in [3.05, 3.63) is 36.2 Å². The molecule has 0 aliphatic rings. The van der Waals surface area contributed by atoms with Crippen LogP contribution in [0.3, 0.4) is 0 Å². The average molecular weight is 302 g/mol. The smallest absolute Gasteiger partial charge is 0.359 e. The fourth-order valence-electron chi connectivity index (χ4n) is 2.09. The number of ether oxygens (including phenoxy) is 3. The van der Waals surface area contributed by atoms with Crippen molar-refractivity contribution in [2.24, 2.45) is 0 Å². The Balaban J connectivity index is 2.49. The number of carbonyl (C=O) groups excluding carboxylic acids is 1. The molecule has 0 saturated heterocycles. The van der Waals surface area contributed by atoms with Gasteiger partial charge in [-0.2, -0.15) is 0 Å². The highest BCUT2D eigenvalue weighted by Gasteiger charge is 2.17. The van der Waals surface area contributed by atoms with Crippen molar-refractivity contribution in [3.63, 3.8) is 0 Å². The molecule has 6 heteroatoms. The maximum absolute atomic E-state index is 11.9. The highest BCUT2D eigenvalue weighted by Crippen LogP contribution is 2.35. The van der Waals surface area contributed by atoms with Crippen LogP contribution in [0.4, 0.5) is 5.69 Å². The van der Waals surface area contributed by atoms with E-state index in [1.54, 1.807) is 39.3 Å². The fourth-order valence-corrected chi connectivity index (χ4v) is 2.09. The summed E-state index contributed by atoms with van der Waals surface area (Å²) in [6, 6.07) is 7.14. The van der Waals surface area contributed by atoms with Crippen LogP contribution in [0.2, 0.25) is 0 Å². The highest BCUT2D eigenvalue weighted by atomic mass is 16.5. The summed E-state index contributed by atoms with van der Waals surface area (Å²) in [4.78, 5) is 15.9. The number of methoxy groups -OCH3 is 2. The molecule has 0 bridgehead atoms. The van der Waals surface area contributed by atoms with E-state index in [4.69, 9.17) is 19.9 Å². The van der Waals surface area contributed by atoms with Crippen LogP contribution in [0.1, 0.15) is 17.4 Å². The Morgan fingerprint density at radius 2 is 1.91 bits per heavy atom. The van der Waals surface area contributed by atoms with Gasteiger partial charge in [0.15, 0.2) is 17.2 Å². The predicted molar refractivity (Wildman–Crippen MR) is 83.1 cm³/mol. The lowest BCUT2D eigenvalue weighted by Crippen LogP contribution is -2.11. The Bertz CT molecular complexity index is 686. The van der Waals surface area contributed by atoms with Crippen LogP contribution >= 0.6 is 0 Å². The van der Waals surface area contributed by atoms with Crippen molar-refractivity contribution in [2.75, 3.05) is 26.6 Å². The molecule has 0 aliphatic heterocycles. The maximum atomic E-state index is 11.9. The first-order valence-corrected chi connectivity index (χ1v) is 6.76. The molecule has 22 heavy (non-hydrogen) atoms. The number of anilines is 1. The normalized spacial score (nSPS) is 10.1. The number of hydrogen-bond donors (Lipinski definition) is 1. The minimum absolute atomic E-state index is 0.106. The second kappa shape index (κ2) is 6.80. The molecule has 116 valence electrons. The summed E-state index contributed by atoms with van der Waals surface area (Å²) in [7, 11) is 3.12. The van der Waals surface area contributed by atoms with Gasteiger partial charge in [0.05, 0.1) is 26.5 Å². The molecule has 2 rings (SSSR count). The van der Waals surface area contributed by atoms with Gasteiger partial charge in [0.25, 0.3) is 0 Å². The third kappa shape index (κ3) is 2.95. The van der Waals surface area contributed by atoms with Gasteiger partial charge in [-0.3, -0.25) is 0 Å². The number of carbonyl (C=O) groups is 1. The van der Waals surface area contributed by atoms with Gasteiger partial charge in [0, 0.05) is 11.8 Å². The maximum Gasteiger partial charge on any atom is 0.359 e. The number of pyridine rings is 1. The summed E-state index contributed by atoms with van der Waals surface area (Å²) >= 11 is 0. The number of esters is 1. The molecule has 2 aromatic rings. The average Bonchev–Trinajstić information content (AvgIpc) is 2.54. The molecule has 0 saturated carbocycles. The molecular weight excluding hydrogens is 284 g/mol. The molecule has 1 aromatic carbocycles. The molecule has 6 nitrogen and oxygen atoms in total. The first-order valence-electron chi connectivity index (χ1n) is 6.76. The number of nitrogens with two attached hydrogens (primary N) is 1. The van der Waals surface area contributed by atoms with Gasteiger partial charge in [-0.05, 0) is 30.7 Å². The third-order valence-corrected chi connectivity index (χ3v) is 3.15. The van der Waals surface area contributed by atoms with Crippen LogP contribution in [-0.2, 0) is 4.74 Å². The van der Waals surface area contributed by atoms with Crippen molar-refractivity contribution in [1.82, 2.24) is 4.98 Å². The Morgan fingerprint density at radius 1 is 1.18 bits per heavy atom. The lowest BCUT2D eigenvalue weighted by Gasteiger charge is -2.12. The lowest BCUT2D eigenvalue weighted by molar-refractivity contribution is 0.0521. The Kier molecular flexibility index (Phi) is 4.83. The Hall–Kier alpha value is -2.76. The summed E-state index contributed by atoms with van der Waals surface area (Å²) in [6.45, 7) is 1.99. The van der Waals surface area contributed by atoms with Gasteiger partial charge in [-0.15, -0.1) is 0 Å². The molecule has 0 unspecified atom stereocenters. The summed E-state index contributed by atoms with van der Waals surface area (Å²) in [6.07, 6.45) is 1.52. The SMILES string of the molecule is CCOC(=O)c1nccc(-c2ccc(OC)c(OC)c2)c1N. The van der Waals surface area contributed by atoms with Gasteiger partial charge in [0.1, 0.15) is 0 Å². The minimum Gasteiger partial charge on any atom is -0.493 e. The summed E-state index contributed by atoms with van der Waals surface area (Å²) < 4.78 is 15.4. The van der Waals surface area contributed by atoms with Crippen molar-refractivity contribution < 1.29 is 19.0 Å². The minimum atomic E-state index is -0.540.